The smallest absolute Gasteiger partial charge is 0.315 e. The molecule has 0 aliphatic carbocycles. The van der Waals surface area contributed by atoms with Crippen molar-refractivity contribution in [2.75, 3.05) is 26.2 Å². The van der Waals surface area contributed by atoms with E-state index in [-0.39, 0.29) is 36.9 Å². The molecule has 0 saturated carbocycles. The summed E-state index contributed by atoms with van der Waals surface area (Å²) in [7, 11) is 0. The molecule has 41 heavy (non-hydrogen) atoms. The van der Waals surface area contributed by atoms with Crippen LogP contribution in [-0.4, -0.2) is 59.5 Å². The summed E-state index contributed by atoms with van der Waals surface area (Å²) in [6.45, 7) is 7.37. The van der Waals surface area contributed by atoms with Crippen LogP contribution in [0.3, 0.4) is 0 Å². The fraction of sp³-hybridized carbons (Fsp3) is 0.424. The SMILES string of the molecule is CCNC(=O)NCc1cccc(-c2ccc(C3OC(CN4CCC(O)C4)C(C)C(c4ccc(CO)cc4)O3)cc2)c1. The first-order valence-corrected chi connectivity index (χ1v) is 14.6. The number of hydrogen-bond donors (Lipinski definition) is 4. The maximum atomic E-state index is 11.8. The van der Waals surface area contributed by atoms with Crippen LogP contribution < -0.4 is 10.6 Å². The summed E-state index contributed by atoms with van der Waals surface area (Å²) in [6, 6.07) is 24.2. The standard InChI is InChI=1S/C33H41N3O5/c1-3-34-33(39)35-18-24-5-4-6-28(17-24)25-11-13-27(14-12-25)32-40-30(20-36-16-15-29(38)19-36)22(2)31(41-32)26-9-7-23(21-37)8-10-26/h4-14,17,22,29-32,37-38H,3,15-16,18-21H2,1-2H3,(H2,34,35,39). The molecule has 2 amide bonds. The van der Waals surface area contributed by atoms with E-state index in [1.54, 1.807) is 0 Å². The number of carbonyl (C=O) groups is 1. The van der Waals surface area contributed by atoms with Crippen molar-refractivity contribution < 1.29 is 24.5 Å². The number of amides is 2. The number of hydrogen-bond acceptors (Lipinski definition) is 6. The van der Waals surface area contributed by atoms with Crippen molar-refractivity contribution in [1.82, 2.24) is 15.5 Å². The molecule has 3 aromatic rings. The fourth-order valence-corrected chi connectivity index (χ4v) is 5.66. The van der Waals surface area contributed by atoms with E-state index in [1.165, 1.54) is 0 Å². The minimum Gasteiger partial charge on any atom is -0.392 e. The Morgan fingerprint density at radius 3 is 2.39 bits per heavy atom. The van der Waals surface area contributed by atoms with Crippen LogP contribution in [0.4, 0.5) is 4.79 Å². The Balaban J connectivity index is 1.33. The number of benzene rings is 3. The van der Waals surface area contributed by atoms with Crippen LogP contribution in [0.25, 0.3) is 11.1 Å². The molecule has 0 spiro atoms. The van der Waals surface area contributed by atoms with Crippen LogP contribution in [0.15, 0.2) is 72.8 Å². The summed E-state index contributed by atoms with van der Waals surface area (Å²) in [5.41, 5.74) is 6.03. The number of β-amino-alcohol motifs (C(OH)–C–C–N with tert-alkyl or cyclic N) is 1. The molecule has 8 heteroatoms. The van der Waals surface area contributed by atoms with Crippen LogP contribution in [0.1, 0.15) is 54.9 Å². The van der Waals surface area contributed by atoms with E-state index in [2.05, 4.69) is 58.9 Å². The molecule has 0 radical (unpaired) electrons. The summed E-state index contributed by atoms with van der Waals surface area (Å²) in [4.78, 5) is 14.1. The number of nitrogens with one attached hydrogen (secondary N) is 2. The molecule has 8 nitrogen and oxygen atoms in total. The Labute approximate surface area is 242 Å². The Morgan fingerprint density at radius 2 is 1.71 bits per heavy atom. The van der Waals surface area contributed by atoms with E-state index in [9.17, 15) is 15.0 Å². The average Bonchev–Trinajstić information content (AvgIpc) is 3.42. The summed E-state index contributed by atoms with van der Waals surface area (Å²) < 4.78 is 13.2. The lowest BCUT2D eigenvalue weighted by Crippen LogP contribution is -2.44. The van der Waals surface area contributed by atoms with Gasteiger partial charge in [0.25, 0.3) is 0 Å². The first-order valence-electron chi connectivity index (χ1n) is 14.6. The molecule has 4 N–H and O–H groups in total. The number of carbonyl (C=O) groups excluding carboxylic acids is 1. The van der Waals surface area contributed by atoms with Crippen molar-refractivity contribution in [3.8, 4) is 11.1 Å². The molecule has 2 aliphatic heterocycles. The third-order valence-electron chi connectivity index (χ3n) is 8.04. The van der Waals surface area contributed by atoms with E-state index in [4.69, 9.17) is 9.47 Å². The Morgan fingerprint density at radius 1 is 0.951 bits per heavy atom. The zero-order valence-corrected chi connectivity index (χ0v) is 23.8. The number of rotatable bonds is 9. The summed E-state index contributed by atoms with van der Waals surface area (Å²) in [5.74, 6) is 0.0963. The lowest BCUT2D eigenvalue weighted by Gasteiger charge is -2.42. The topological polar surface area (TPSA) is 103 Å². The molecule has 5 unspecified atom stereocenters. The van der Waals surface area contributed by atoms with Crippen LogP contribution in [-0.2, 0) is 22.6 Å². The van der Waals surface area contributed by atoms with Gasteiger partial charge in [-0.3, -0.25) is 4.90 Å². The molecule has 2 aliphatic rings. The molecule has 2 saturated heterocycles. The van der Waals surface area contributed by atoms with Crippen molar-refractivity contribution in [2.24, 2.45) is 5.92 Å². The van der Waals surface area contributed by atoms with Gasteiger partial charge < -0.3 is 30.3 Å². The number of nitrogens with zero attached hydrogens (tertiary/aromatic N) is 1. The molecule has 3 aromatic carbocycles. The molecule has 0 aromatic heterocycles. The van der Waals surface area contributed by atoms with Gasteiger partial charge in [0.15, 0.2) is 6.29 Å². The zero-order chi connectivity index (χ0) is 28.8. The lowest BCUT2D eigenvalue weighted by atomic mass is 9.90. The number of urea groups is 1. The first-order chi connectivity index (χ1) is 19.9. The summed E-state index contributed by atoms with van der Waals surface area (Å²) >= 11 is 0. The fourth-order valence-electron chi connectivity index (χ4n) is 5.66. The predicted octanol–water partition coefficient (Wildman–Crippen LogP) is 4.52. The number of aliphatic hydroxyl groups excluding tert-OH is 2. The minimum atomic E-state index is -0.534. The van der Waals surface area contributed by atoms with Crippen LogP contribution in [0.5, 0.6) is 0 Å². The second-order valence-corrected chi connectivity index (χ2v) is 11.1. The molecule has 5 atom stereocenters. The van der Waals surface area contributed by atoms with Gasteiger partial charge in [0.2, 0.25) is 0 Å². The maximum absolute atomic E-state index is 11.8. The van der Waals surface area contributed by atoms with Gasteiger partial charge in [0.05, 0.1) is 24.9 Å². The number of aliphatic hydroxyl groups is 2. The van der Waals surface area contributed by atoms with Crippen LogP contribution >= 0.6 is 0 Å². The van der Waals surface area contributed by atoms with Gasteiger partial charge >= 0.3 is 6.03 Å². The Hall–Kier alpha value is -3.27. The van der Waals surface area contributed by atoms with Gasteiger partial charge in [-0.2, -0.15) is 0 Å². The minimum absolute atomic E-state index is 0.00691. The highest BCUT2D eigenvalue weighted by Gasteiger charge is 2.39. The van der Waals surface area contributed by atoms with Crippen LogP contribution in [0, 0.1) is 5.92 Å². The van der Waals surface area contributed by atoms with Gasteiger partial charge in [0.1, 0.15) is 0 Å². The van der Waals surface area contributed by atoms with Gasteiger partial charge in [-0.15, -0.1) is 0 Å². The average molecular weight is 560 g/mol. The predicted molar refractivity (Wildman–Crippen MR) is 158 cm³/mol. The lowest BCUT2D eigenvalue weighted by molar-refractivity contribution is -0.276. The molecule has 2 heterocycles. The second kappa shape index (κ2) is 13.6. The third kappa shape index (κ3) is 7.33. The van der Waals surface area contributed by atoms with Gasteiger partial charge in [-0.05, 0) is 47.2 Å². The Kier molecular flexibility index (Phi) is 9.69. The summed E-state index contributed by atoms with van der Waals surface area (Å²) in [6.07, 6.45) is -0.272. The van der Waals surface area contributed by atoms with E-state index in [0.717, 1.165) is 52.9 Å². The third-order valence-corrected chi connectivity index (χ3v) is 8.04. The largest absolute Gasteiger partial charge is 0.392 e. The van der Waals surface area contributed by atoms with Crippen molar-refractivity contribution >= 4 is 6.03 Å². The maximum Gasteiger partial charge on any atom is 0.315 e. The normalized spacial score (nSPS) is 24.7. The van der Waals surface area contributed by atoms with Gasteiger partial charge in [-0.25, -0.2) is 4.79 Å². The Bertz CT molecular complexity index is 1280. The van der Waals surface area contributed by atoms with Crippen molar-refractivity contribution in [3.05, 3.63) is 95.1 Å². The van der Waals surface area contributed by atoms with E-state index in [1.807, 2.05) is 43.3 Å². The molecule has 218 valence electrons. The van der Waals surface area contributed by atoms with Crippen molar-refractivity contribution in [2.45, 2.75) is 58.0 Å². The van der Waals surface area contributed by atoms with Crippen molar-refractivity contribution in [1.29, 1.82) is 0 Å². The van der Waals surface area contributed by atoms with E-state index in [0.29, 0.717) is 19.6 Å². The highest BCUT2D eigenvalue weighted by molar-refractivity contribution is 5.73. The quantitative estimate of drug-likeness (QED) is 0.307. The van der Waals surface area contributed by atoms with Gasteiger partial charge in [0, 0.05) is 44.2 Å². The van der Waals surface area contributed by atoms with Gasteiger partial charge in [-0.1, -0.05) is 73.7 Å². The molecular formula is C33H41N3O5. The van der Waals surface area contributed by atoms with E-state index < -0.39 is 6.29 Å². The summed E-state index contributed by atoms with van der Waals surface area (Å²) in [5, 5.41) is 25.2. The molecular weight excluding hydrogens is 518 g/mol. The molecule has 2 fully saturated rings. The zero-order valence-electron chi connectivity index (χ0n) is 23.8. The van der Waals surface area contributed by atoms with Crippen molar-refractivity contribution in [3.63, 3.8) is 0 Å². The monoisotopic (exact) mass is 559 g/mol. The van der Waals surface area contributed by atoms with E-state index >= 15 is 0 Å². The number of ether oxygens (including phenoxy) is 2. The molecule has 5 rings (SSSR count). The molecule has 0 bridgehead atoms. The second-order valence-electron chi connectivity index (χ2n) is 11.1. The number of likely N-dealkylation sites (tertiary alicyclic amines) is 1. The highest BCUT2D eigenvalue weighted by atomic mass is 16.7. The highest BCUT2D eigenvalue weighted by Crippen LogP contribution is 2.42. The van der Waals surface area contributed by atoms with Crippen LogP contribution in [0.2, 0.25) is 0 Å². The first kappa shape index (κ1) is 29.2.